The molecule has 0 aromatic carbocycles. The molecule has 0 aliphatic carbocycles. The van der Waals surface area contributed by atoms with Gasteiger partial charge in [-0.15, -0.1) is 0 Å². The predicted molar refractivity (Wildman–Crippen MR) is 135 cm³/mol. The van der Waals surface area contributed by atoms with E-state index in [0.29, 0.717) is 0 Å². The Hall–Kier alpha value is -1.62. The second-order valence-corrected chi connectivity index (χ2v) is 12.3. The van der Waals surface area contributed by atoms with Crippen LogP contribution in [0.3, 0.4) is 0 Å². The highest BCUT2D eigenvalue weighted by Gasteiger charge is 2.48. The predicted octanol–water partition coefficient (Wildman–Crippen LogP) is -0.839. The van der Waals surface area contributed by atoms with Crippen molar-refractivity contribution in [2.24, 2.45) is 4.99 Å². The number of carbonyl (C=O) groups is 1. The Labute approximate surface area is 229 Å². The highest BCUT2D eigenvalue weighted by molar-refractivity contribution is 7.66. The molecule has 0 aromatic heterocycles. The van der Waals surface area contributed by atoms with Crippen molar-refractivity contribution in [3.8, 4) is 0 Å². The molecule has 1 saturated heterocycles. The smallest absolute Gasteiger partial charge is 0.387 e. The average Bonchev–Trinajstić information content (AvgIpc) is 3.10. The number of aliphatic imine (C=N–C) groups is 1. The third-order valence-electron chi connectivity index (χ3n) is 5.03. The fraction of sp³-hybridized carbons (Fsp3) is 0.667. The van der Waals surface area contributed by atoms with Crippen molar-refractivity contribution in [3.63, 3.8) is 0 Å². The van der Waals surface area contributed by atoms with E-state index in [1.54, 1.807) is 0 Å². The summed E-state index contributed by atoms with van der Waals surface area (Å²) >= 11 is 0. The van der Waals surface area contributed by atoms with E-state index in [0.717, 1.165) is 11.1 Å². The summed E-state index contributed by atoms with van der Waals surface area (Å²) in [5.74, 6) is 0.453. The van der Waals surface area contributed by atoms with Crippen molar-refractivity contribution < 1.29 is 71.0 Å². The van der Waals surface area contributed by atoms with E-state index in [1.807, 2.05) is 0 Å². The summed E-state index contributed by atoms with van der Waals surface area (Å²) in [6, 6.07) is 0. The van der Waals surface area contributed by atoms with Gasteiger partial charge in [0.15, 0.2) is 12.2 Å². The fourth-order valence-electron chi connectivity index (χ4n) is 3.20. The molecule has 2 aliphatic heterocycles. The second-order valence-electron chi connectivity index (χ2n) is 7.88. The topological polar surface area (TPSA) is 275 Å². The summed E-state index contributed by atoms with van der Waals surface area (Å²) < 4.78 is 50.5. The molecule has 0 spiro atoms. The van der Waals surface area contributed by atoms with E-state index in [9.17, 15) is 38.4 Å². The van der Waals surface area contributed by atoms with Gasteiger partial charge in [-0.1, -0.05) is 20.8 Å². The van der Waals surface area contributed by atoms with E-state index < -0.39 is 66.3 Å². The molecular weight excluding hydrogens is 605 g/mol. The number of amides is 1. The number of phosphoric acid groups is 3. The Bertz CT molecular complexity index is 1130. The van der Waals surface area contributed by atoms with E-state index >= 15 is 0 Å². The molecule has 0 bridgehead atoms. The van der Waals surface area contributed by atoms with Crippen LogP contribution in [0.5, 0.6) is 0 Å². The van der Waals surface area contributed by atoms with Crippen LogP contribution in [0.1, 0.15) is 27.7 Å². The van der Waals surface area contributed by atoms with Gasteiger partial charge in [0.05, 0.1) is 6.61 Å². The molecule has 2 heterocycles. The zero-order valence-corrected chi connectivity index (χ0v) is 24.5. The van der Waals surface area contributed by atoms with Crippen LogP contribution in [-0.2, 0) is 41.2 Å². The van der Waals surface area contributed by atoms with E-state index in [2.05, 4.69) is 49.1 Å². The van der Waals surface area contributed by atoms with Gasteiger partial charge in [0.25, 0.3) is 0 Å². The monoisotopic (exact) mass is 638 g/mol. The second kappa shape index (κ2) is 15.6. The van der Waals surface area contributed by atoms with Crippen LogP contribution in [0.15, 0.2) is 23.1 Å². The normalized spacial score (nSPS) is 25.8. The molecule has 19 nitrogen and oxygen atoms in total. The summed E-state index contributed by atoms with van der Waals surface area (Å²) in [5.41, 5.74) is 0. The van der Waals surface area contributed by atoms with Gasteiger partial charge in [-0.3, -0.25) is 14.2 Å². The number of ether oxygens (including phenoxy) is 1. The van der Waals surface area contributed by atoms with Gasteiger partial charge in [-0.2, -0.15) is 8.62 Å². The van der Waals surface area contributed by atoms with Gasteiger partial charge in [-0.05, 0) is 25.7 Å². The summed E-state index contributed by atoms with van der Waals surface area (Å²) in [6.07, 6.45) is -4.22. The van der Waals surface area contributed by atoms with Crippen LogP contribution in [0.25, 0.3) is 0 Å². The lowest BCUT2D eigenvalue weighted by Crippen LogP contribution is -2.43. The largest absolute Gasteiger partial charge is 0.490 e. The molecule has 22 heteroatoms. The number of aliphatic hydroxyl groups excluding tert-OH is 2. The number of nitrogens with one attached hydrogen (secondary N) is 1. The van der Waals surface area contributed by atoms with Crippen molar-refractivity contribution in [3.05, 3.63) is 18.1 Å². The van der Waals surface area contributed by atoms with Crippen LogP contribution in [0.4, 0.5) is 0 Å². The zero-order chi connectivity index (χ0) is 30.9. The highest BCUT2D eigenvalue weighted by atomic mass is 31.3. The number of nitrogens with zero attached hydrogens (tertiary/aromatic N) is 3. The van der Waals surface area contributed by atoms with E-state index in [-0.39, 0.29) is 5.84 Å². The first-order chi connectivity index (χ1) is 18.4. The molecule has 230 valence electrons. The van der Waals surface area contributed by atoms with Gasteiger partial charge in [0.1, 0.15) is 24.1 Å². The lowest BCUT2D eigenvalue weighted by molar-refractivity contribution is -0.117. The minimum Gasteiger partial charge on any atom is -0.387 e. The van der Waals surface area contributed by atoms with Crippen LogP contribution in [0.2, 0.25) is 0 Å². The fourth-order valence-corrected chi connectivity index (χ4v) is 6.23. The molecule has 6 atom stereocenters. The molecule has 0 radical (unpaired) electrons. The van der Waals surface area contributed by atoms with Gasteiger partial charge in [-0.25, -0.2) is 23.5 Å². The van der Waals surface area contributed by atoms with Crippen molar-refractivity contribution in [1.82, 2.24) is 15.1 Å². The molecule has 2 aliphatic rings. The molecule has 1 amide bonds. The molecule has 2 rings (SSSR count). The standard InChI is InChI=1S/C12H18N3O15P3.C6H15N/c1-6(17)13-8-2-3-15(9(4-16)14-8)12-11(19)10(18)7(28-12)5-27-32(23,24)30-33(25,26)29-31(20,21)22;1-4-7(5-2)6-3/h2-3,7,10-12,18-19H,5H2,1H3,(H,23,24)(H,25,26)(H,13,14,17)(H2,20,21,22);4-6H2,1-3H3/t7-,10-,11-,12-;/m1./s1. The van der Waals surface area contributed by atoms with Gasteiger partial charge < -0.3 is 44.7 Å². The van der Waals surface area contributed by atoms with Crippen molar-refractivity contribution in [1.29, 1.82) is 0 Å². The number of hydrogen-bond donors (Lipinski definition) is 7. The van der Waals surface area contributed by atoms with Crippen LogP contribution in [-0.4, -0.2) is 108 Å². The number of hydrogen-bond acceptors (Lipinski definition) is 14. The lowest BCUT2D eigenvalue weighted by atomic mass is 10.1. The Morgan fingerprint density at radius 1 is 1.07 bits per heavy atom. The molecule has 2 unspecified atom stereocenters. The van der Waals surface area contributed by atoms with Gasteiger partial charge in [0, 0.05) is 13.1 Å². The zero-order valence-electron chi connectivity index (χ0n) is 21.8. The summed E-state index contributed by atoms with van der Waals surface area (Å²) in [4.78, 5) is 65.0. The van der Waals surface area contributed by atoms with Gasteiger partial charge >= 0.3 is 23.5 Å². The van der Waals surface area contributed by atoms with Crippen LogP contribution < -0.4 is 5.32 Å². The Balaban J connectivity index is 0.00000101. The summed E-state index contributed by atoms with van der Waals surface area (Å²) in [7, 11) is -16.8. The molecule has 1 fully saturated rings. The maximum Gasteiger partial charge on any atom is 0.490 e. The maximum atomic E-state index is 11.8. The first kappa shape index (κ1) is 36.4. The third kappa shape index (κ3) is 12.1. The average molecular weight is 638 g/mol. The molecule has 0 aromatic rings. The van der Waals surface area contributed by atoms with Crippen molar-refractivity contribution in [2.75, 3.05) is 26.2 Å². The Morgan fingerprint density at radius 2 is 1.65 bits per heavy atom. The van der Waals surface area contributed by atoms with Crippen molar-refractivity contribution in [2.45, 2.75) is 52.2 Å². The van der Waals surface area contributed by atoms with Crippen molar-refractivity contribution >= 4 is 41.2 Å². The third-order valence-corrected chi connectivity index (χ3v) is 8.83. The lowest BCUT2D eigenvalue weighted by Gasteiger charge is -2.29. The summed E-state index contributed by atoms with van der Waals surface area (Å²) in [5, 5.41) is 22.7. The minimum absolute atomic E-state index is 0.0330. The van der Waals surface area contributed by atoms with Gasteiger partial charge in [0.2, 0.25) is 11.7 Å². The van der Waals surface area contributed by atoms with Crippen LogP contribution in [0, 0.1) is 0 Å². The molecule has 7 N–H and O–H groups in total. The Morgan fingerprint density at radius 3 is 2.10 bits per heavy atom. The quantitative estimate of drug-likeness (QED) is 0.107. The number of aliphatic hydroxyl groups is 2. The van der Waals surface area contributed by atoms with Crippen LogP contribution >= 0.6 is 23.5 Å². The number of phosphoric ester groups is 1. The number of rotatable bonds is 11. The number of amidine groups is 1. The van der Waals surface area contributed by atoms with E-state index in [4.69, 9.17) is 19.4 Å². The first-order valence-corrected chi connectivity index (χ1v) is 16.0. The summed E-state index contributed by atoms with van der Waals surface area (Å²) in [6.45, 7) is 10.3. The minimum atomic E-state index is -5.75. The maximum absolute atomic E-state index is 11.8. The molecule has 40 heavy (non-hydrogen) atoms. The first-order valence-electron chi connectivity index (χ1n) is 11.5. The Kier molecular flexibility index (Phi) is 14.2. The molecular formula is C18H33N4O15P3. The highest BCUT2D eigenvalue weighted by Crippen LogP contribution is 2.66. The molecule has 0 saturated carbocycles. The van der Waals surface area contributed by atoms with E-state index in [1.165, 1.54) is 38.6 Å². The number of carbonyl (C=O) groups excluding carboxylic acids is 2. The SMILES string of the molecule is CC(=O)NC1=NC(=C=O)N([C@@H]2O[C@H](COP(=O)(O)OP(=O)(O)OP(=O)(O)O)[C@@H](O)[C@H]2O)C=C1.CCN(CC)CC.